The van der Waals surface area contributed by atoms with E-state index in [0.29, 0.717) is 0 Å². The number of amides is 1. The van der Waals surface area contributed by atoms with E-state index in [4.69, 9.17) is 4.74 Å². The van der Waals surface area contributed by atoms with Crippen LogP contribution in [-0.4, -0.2) is 50.4 Å². The Morgan fingerprint density at radius 1 is 1.29 bits per heavy atom. The van der Waals surface area contributed by atoms with Gasteiger partial charge in [-0.25, -0.2) is 0 Å². The Hall–Kier alpha value is -0.960. The molecule has 0 spiro atoms. The normalized spacial score (nSPS) is 26.0. The number of hydrogen-bond acceptors (Lipinski definition) is 3. The number of alkyl halides is 5. The van der Waals surface area contributed by atoms with Crippen molar-refractivity contribution in [3.8, 4) is 0 Å². The predicted molar refractivity (Wildman–Crippen MR) is 46.6 cm³/mol. The van der Waals surface area contributed by atoms with Gasteiger partial charge in [0.2, 0.25) is 0 Å². The highest BCUT2D eigenvalue weighted by molar-refractivity contribution is 5.84. The highest BCUT2D eigenvalue weighted by Crippen LogP contribution is 2.35. The van der Waals surface area contributed by atoms with Gasteiger partial charge < -0.3 is 15.4 Å². The fourth-order valence-corrected chi connectivity index (χ4v) is 1.43. The van der Waals surface area contributed by atoms with Crippen molar-refractivity contribution in [3.05, 3.63) is 0 Å². The average Bonchev–Trinajstić information content (AvgIpc) is 2.63. The Morgan fingerprint density at radius 2 is 1.88 bits per heavy atom. The molecule has 1 heterocycles. The van der Waals surface area contributed by atoms with E-state index in [-0.39, 0.29) is 13.1 Å². The van der Waals surface area contributed by atoms with Crippen molar-refractivity contribution < 1.29 is 31.5 Å². The van der Waals surface area contributed by atoms with Gasteiger partial charge in [0.05, 0.1) is 12.1 Å². The first-order chi connectivity index (χ1) is 7.70. The third kappa shape index (κ3) is 2.83. The largest absolute Gasteiger partial charge is 0.463 e. The number of carbonyl (C=O) groups excluding carboxylic acids is 1. The van der Waals surface area contributed by atoms with Crippen molar-refractivity contribution in [2.75, 3.05) is 20.2 Å². The molecule has 1 fully saturated rings. The van der Waals surface area contributed by atoms with Gasteiger partial charge in [0.25, 0.3) is 0 Å². The van der Waals surface area contributed by atoms with Crippen LogP contribution >= 0.6 is 0 Å². The Kier molecular flexibility index (Phi) is 3.92. The molecular weight excluding hydrogens is 251 g/mol. The Morgan fingerprint density at radius 3 is 2.35 bits per heavy atom. The maximum atomic E-state index is 12.6. The van der Waals surface area contributed by atoms with Gasteiger partial charge in [-0.15, -0.1) is 0 Å². The lowest BCUT2D eigenvalue weighted by atomic mass is 10.2. The number of methoxy groups -OCH3 is 1. The molecule has 0 aliphatic carbocycles. The molecule has 0 saturated carbocycles. The molecule has 0 aromatic carbocycles. The molecule has 0 radical (unpaired) electrons. The molecule has 0 aromatic rings. The smallest absolute Gasteiger partial charge is 0.378 e. The fraction of sp³-hybridized carbons (Fsp3) is 0.875. The first-order valence-electron chi connectivity index (χ1n) is 4.69. The SMILES string of the molecule is CO[C@H]1CNCC1NC(=O)C(F)(F)C(F)(F)F. The van der Waals surface area contributed by atoms with Gasteiger partial charge in [-0.2, -0.15) is 22.0 Å². The first kappa shape index (κ1) is 14.1. The molecule has 1 saturated heterocycles. The lowest BCUT2D eigenvalue weighted by Crippen LogP contribution is -2.55. The van der Waals surface area contributed by atoms with E-state index in [9.17, 15) is 26.7 Å². The van der Waals surface area contributed by atoms with Crippen LogP contribution in [0.25, 0.3) is 0 Å². The molecule has 1 amide bonds. The van der Waals surface area contributed by atoms with Gasteiger partial charge in [0, 0.05) is 20.2 Å². The van der Waals surface area contributed by atoms with Gasteiger partial charge in [-0.1, -0.05) is 0 Å². The Labute approximate surface area is 93.5 Å². The second kappa shape index (κ2) is 4.73. The second-order valence-electron chi connectivity index (χ2n) is 3.58. The summed E-state index contributed by atoms with van der Waals surface area (Å²) in [5.74, 6) is -7.76. The predicted octanol–water partition coefficient (Wildman–Crippen LogP) is 0.287. The summed E-state index contributed by atoms with van der Waals surface area (Å²) in [6.45, 7) is 0.358. The average molecular weight is 262 g/mol. The first-order valence-corrected chi connectivity index (χ1v) is 4.69. The lowest BCUT2D eigenvalue weighted by Gasteiger charge is -2.23. The molecule has 2 N–H and O–H groups in total. The topological polar surface area (TPSA) is 50.4 Å². The highest BCUT2D eigenvalue weighted by atomic mass is 19.4. The third-order valence-corrected chi connectivity index (χ3v) is 2.42. The van der Waals surface area contributed by atoms with Crippen molar-refractivity contribution in [1.82, 2.24) is 10.6 Å². The lowest BCUT2D eigenvalue weighted by molar-refractivity contribution is -0.270. The van der Waals surface area contributed by atoms with E-state index in [2.05, 4.69) is 5.32 Å². The van der Waals surface area contributed by atoms with Crippen LogP contribution in [-0.2, 0) is 9.53 Å². The fourth-order valence-electron chi connectivity index (χ4n) is 1.43. The molecular formula is C8H11F5N2O2. The van der Waals surface area contributed by atoms with Crippen molar-refractivity contribution in [2.45, 2.75) is 24.2 Å². The van der Waals surface area contributed by atoms with Crippen molar-refractivity contribution in [2.24, 2.45) is 0 Å². The number of ether oxygens (including phenoxy) is 1. The zero-order valence-electron chi connectivity index (χ0n) is 8.78. The molecule has 1 unspecified atom stereocenters. The van der Waals surface area contributed by atoms with Gasteiger partial charge in [0.15, 0.2) is 0 Å². The van der Waals surface area contributed by atoms with Crippen LogP contribution in [0.3, 0.4) is 0 Å². The van der Waals surface area contributed by atoms with Crippen LogP contribution in [0.15, 0.2) is 0 Å². The van der Waals surface area contributed by atoms with E-state index < -0.39 is 30.2 Å². The number of rotatable bonds is 3. The van der Waals surface area contributed by atoms with Gasteiger partial charge >= 0.3 is 18.0 Å². The summed E-state index contributed by atoms with van der Waals surface area (Å²) >= 11 is 0. The number of nitrogens with one attached hydrogen (secondary N) is 2. The van der Waals surface area contributed by atoms with E-state index in [1.807, 2.05) is 0 Å². The van der Waals surface area contributed by atoms with Crippen LogP contribution in [0.4, 0.5) is 22.0 Å². The zero-order valence-corrected chi connectivity index (χ0v) is 8.78. The molecule has 2 atom stereocenters. The quantitative estimate of drug-likeness (QED) is 0.719. The minimum absolute atomic E-state index is 0.0815. The van der Waals surface area contributed by atoms with E-state index in [1.165, 1.54) is 7.11 Å². The summed E-state index contributed by atoms with van der Waals surface area (Å²) in [4.78, 5) is 10.9. The summed E-state index contributed by atoms with van der Waals surface area (Å²) in [6.07, 6.45) is -6.52. The second-order valence-corrected chi connectivity index (χ2v) is 3.58. The van der Waals surface area contributed by atoms with Crippen LogP contribution in [0.5, 0.6) is 0 Å². The summed E-state index contributed by atoms with van der Waals surface area (Å²) in [7, 11) is 1.28. The standard InChI is InChI=1S/C8H11F5N2O2/c1-17-5-3-14-2-4(5)15-6(16)7(9,10)8(11,12)13/h4-5,14H,2-3H2,1H3,(H,15,16)/t4?,5-/m0/s1. The van der Waals surface area contributed by atoms with Crippen LogP contribution in [0, 0.1) is 0 Å². The van der Waals surface area contributed by atoms with E-state index in [1.54, 1.807) is 5.32 Å². The number of halogens is 5. The van der Waals surface area contributed by atoms with Crippen molar-refractivity contribution >= 4 is 5.91 Å². The maximum Gasteiger partial charge on any atom is 0.463 e. The third-order valence-electron chi connectivity index (χ3n) is 2.42. The highest BCUT2D eigenvalue weighted by Gasteiger charge is 2.63. The molecule has 1 aliphatic rings. The molecule has 1 rings (SSSR count). The van der Waals surface area contributed by atoms with Crippen LogP contribution in [0.1, 0.15) is 0 Å². The molecule has 100 valence electrons. The van der Waals surface area contributed by atoms with Crippen molar-refractivity contribution in [1.29, 1.82) is 0 Å². The summed E-state index contributed by atoms with van der Waals surface area (Å²) in [5.41, 5.74) is 0. The molecule has 1 aliphatic heterocycles. The molecule has 0 aromatic heterocycles. The summed E-state index contributed by atoms with van der Waals surface area (Å²) in [5, 5.41) is 4.33. The van der Waals surface area contributed by atoms with Crippen LogP contribution < -0.4 is 10.6 Å². The molecule has 17 heavy (non-hydrogen) atoms. The monoisotopic (exact) mass is 262 g/mol. The van der Waals surface area contributed by atoms with E-state index >= 15 is 0 Å². The Bertz CT molecular complexity index is 294. The number of hydrogen-bond donors (Lipinski definition) is 2. The van der Waals surface area contributed by atoms with Gasteiger partial charge in [-0.05, 0) is 0 Å². The minimum atomic E-state index is -5.90. The Balaban J connectivity index is 2.66. The summed E-state index contributed by atoms with van der Waals surface area (Å²) in [6, 6.07) is -0.902. The molecule has 0 bridgehead atoms. The molecule has 4 nitrogen and oxygen atoms in total. The van der Waals surface area contributed by atoms with Crippen molar-refractivity contribution in [3.63, 3.8) is 0 Å². The minimum Gasteiger partial charge on any atom is -0.378 e. The summed E-state index contributed by atoms with van der Waals surface area (Å²) < 4.78 is 65.7. The van der Waals surface area contributed by atoms with Gasteiger partial charge in [-0.3, -0.25) is 4.79 Å². The maximum absolute atomic E-state index is 12.6. The zero-order chi connectivity index (χ0) is 13.3. The van der Waals surface area contributed by atoms with Gasteiger partial charge in [0.1, 0.15) is 0 Å². The number of carbonyl (C=O) groups is 1. The van der Waals surface area contributed by atoms with Crippen LogP contribution in [0.2, 0.25) is 0 Å². The molecule has 9 heteroatoms. The van der Waals surface area contributed by atoms with E-state index in [0.717, 1.165) is 0 Å².